The molecule has 6 heteroatoms. The number of esters is 1. The molecule has 0 radical (unpaired) electrons. The number of hydrogen-bond acceptors (Lipinski definition) is 5. The summed E-state index contributed by atoms with van der Waals surface area (Å²) in [5.41, 5.74) is 3.99. The normalized spacial score (nSPS) is 20.8. The maximum atomic E-state index is 13.6. The first kappa shape index (κ1) is 20.8. The summed E-state index contributed by atoms with van der Waals surface area (Å²) in [6.07, 6.45) is 0.900. The molecule has 160 valence electrons. The number of nitrogens with one attached hydrogen (secondary N) is 1. The fraction of sp³-hybridized carbons (Fsp3) is 0.280. The van der Waals surface area contributed by atoms with Gasteiger partial charge in [0.25, 0.3) is 0 Å². The number of hydrogen-bond donors (Lipinski definition) is 1. The fourth-order valence-corrected chi connectivity index (χ4v) is 4.63. The third-order valence-electron chi connectivity index (χ3n) is 6.01. The summed E-state index contributed by atoms with van der Waals surface area (Å²) in [5, 5.41) is 3.29. The van der Waals surface area contributed by atoms with E-state index in [9.17, 15) is 14.0 Å². The predicted molar refractivity (Wildman–Crippen MR) is 114 cm³/mol. The fourth-order valence-electron chi connectivity index (χ4n) is 4.63. The van der Waals surface area contributed by atoms with E-state index in [4.69, 9.17) is 9.47 Å². The molecule has 2 aliphatic rings. The van der Waals surface area contributed by atoms with Crippen molar-refractivity contribution >= 4 is 11.8 Å². The van der Waals surface area contributed by atoms with Crippen molar-refractivity contribution in [2.45, 2.75) is 31.6 Å². The smallest absolute Gasteiger partial charge is 0.336 e. The molecule has 1 N–H and O–H groups in total. The molecule has 0 aromatic heterocycles. The van der Waals surface area contributed by atoms with Crippen molar-refractivity contribution in [2.24, 2.45) is 0 Å². The molecule has 2 aromatic carbocycles. The molecule has 5 nitrogen and oxygen atoms in total. The first-order valence-corrected chi connectivity index (χ1v) is 10.1. The quantitative estimate of drug-likeness (QED) is 0.743. The number of dihydropyridines is 1. The predicted octanol–water partition coefficient (Wildman–Crippen LogP) is 4.37. The molecule has 31 heavy (non-hydrogen) atoms. The Morgan fingerprint density at radius 1 is 1.06 bits per heavy atom. The molecule has 1 heterocycles. The van der Waals surface area contributed by atoms with Crippen LogP contribution >= 0.6 is 0 Å². The van der Waals surface area contributed by atoms with Crippen LogP contribution in [0.15, 0.2) is 71.1 Å². The van der Waals surface area contributed by atoms with Crippen molar-refractivity contribution in [1.29, 1.82) is 0 Å². The zero-order valence-corrected chi connectivity index (χ0v) is 17.7. The van der Waals surface area contributed by atoms with Crippen LogP contribution in [0, 0.1) is 5.82 Å². The van der Waals surface area contributed by atoms with E-state index in [1.807, 2.05) is 24.3 Å². The van der Waals surface area contributed by atoms with Gasteiger partial charge in [-0.2, -0.15) is 0 Å². The van der Waals surface area contributed by atoms with Gasteiger partial charge in [-0.3, -0.25) is 4.79 Å². The Kier molecular flexibility index (Phi) is 5.63. The first-order chi connectivity index (χ1) is 14.9. The molecule has 0 fully saturated rings. The lowest BCUT2D eigenvalue weighted by molar-refractivity contribution is -0.136. The molecule has 0 spiro atoms. The molecule has 4 rings (SSSR count). The Labute approximate surface area is 180 Å². The topological polar surface area (TPSA) is 64.6 Å². The lowest BCUT2D eigenvalue weighted by Crippen LogP contribution is -2.36. The second-order valence-corrected chi connectivity index (χ2v) is 7.80. The van der Waals surface area contributed by atoms with Crippen LogP contribution < -0.4 is 10.1 Å². The van der Waals surface area contributed by atoms with Gasteiger partial charge in [-0.05, 0) is 42.7 Å². The van der Waals surface area contributed by atoms with Crippen molar-refractivity contribution in [3.05, 3.63) is 88.0 Å². The summed E-state index contributed by atoms with van der Waals surface area (Å²) < 4.78 is 24.1. The van der Waals surface area contributed by atoms with Gasteiger partial charge in [-0.25, -0.2) is 9.18 Å². The third-order valence-corrected chi connectivity index (χ3v) is 6.01. The number of methoxy groups -OCH3 is 2. The van der Waals surface area contributed by atoms with Gasteiger partial charge in [0.05, 0.1) is 19.8 Å². The van der Waals surface area contributed by atoms with Gasteiger partial charge in [0, 0.05) is 35.2 Å². The number of ether oxygens (including phenoxy) is 2. The van der Waals surface area contributed by atoms with Crippen molar-refractivity contribution in [3.8, 4) is 5.75 Å². The van der Waals surface area contributed by atoms with E-state index in [2.05, 4.69) is 5.32 Å². The zero-order valence-electron chi connectivity index (χ0n) is 17.7. The highest BCUT2D eigenvalue weighted by atomic mass is 19.1. The molecule has 1 aliphatic carbocycles. The minimum atomic E-state index is -0.601. The van der Waals surface area contributed by atoms with Crippen molar-refractivity contribution in [3.63, 3.8) is 0 Å². The second kappa shape index (κ2) is 8.38. The molecule has 0 saturated carbocycles. The van der Waals surface area contributed by atoms with Crippen LogP contribution in [0.3, 0.4) is 0 Å². The number of rotatable bonds is 4. The van der Waals surface area contributed by atoms with Gasteiger partial charge < -0.3 is 14.8 Å². The standard InChI is InChI=1S/C25H24FNO4/c1-14-22(25(29)31-3)23(15-8-10-17(26)11-9-15)24-19(27-14)12-16(13-20(24)28)18-6-4-5-7-21(18)30-2/h4-11,16,23,27H,12-13H2,1-3H3. The Balaban J connectivity index is 1.81. The highest BCUT2D eigenvalue weighted by Gasteiger charge is 2.41. The van der Waals surface area contributed by atoms with Crippen molar-refractivity contribution in [1.82, 2.24) is 5.32 Å². The molecule has 2 atom stereocenters. The number of allylic oxidation sites excluding steroid dienone is 3. The van der Waals surface area contributed by atoms with Gasteiger partial charge in [0.1, 0.15) is 11.6 Å². The largest absolute Gasteiger partial charge is 0.496 e. The van der Waals surface area contributed by atoms with E-state index in [0.29, 0.717) is 35.2 Å². The van der Waals surface area contributed by atoms with Crippen LogP contribution in [0.1, 0.15) is 42.7 Å². The summed E-state index contributed by atoms with van der Waals surface area (Å²) in [7, 11) is 2.93. The first-order valence-electron chi connectivity index (χ1n) is 10.1. The summed E-state index contributed by atoms with van der Waals surface area (Å²) in [5.74, 6) is -0.832. The average Bonchev–Trinajstić information content (AvgIpc) is 2.78. The number of Topliss-reactive ketones (excluding diaryl/α,β-unsaturated/α-hetero) is 1. The van der Waals surface area contributed by atoms with Gasteiger partial charge in [0.2, 0.25) is 0 Å². The van der Waals surface area contributed by atoms with Crippen LogP contribution in [0.25, 0.3) is 0 Å². The Morgan fingerprint density at radius 2 is 1.77 bits per heavy atom. The van der Waals surface area contributed by atoms with Crippen LogP contribution in [0.2, 0.25) is 0 Å². The lowest BCUT2D eigenvalue weighted by Gasteiger charge is -2.36. The number of ketones is 1. The number of halogens is 1. The molecule has 1 aliphatic heterocycles. The zero-order chi connectivity index (χ0) is 22.1. The van der Waals surface area contributed by atoms with E-state index in [1.165, 1.54) is 19.2 Å². The molecule has 0 bridgehead atoms. The third kappa shape index (κ3) is 3.74. The summed E-state index contributed by atoms with van der Waals surface area (Å²) in [6.45, 7) is 1.80. The number of carbonyl (C=O) groups excluding carboxylic acids is 2. The van der Waals surface area contributed by atoms with Crippen molar-refractivity contribution < 1.29 is 23.5 Å². The van der Waals surface area contributed by atoms with Gasteiger partial charge in [0.15, 0.2) is 5.78 Å². The molecule has 2 aromatic rings. The molecule has 2 unspecified atom stereocenters. The lowest BCUT2D eigenvalue weighted by atomic mass is 9.71. The highest BCUT2D eigenvalue weighted by molar-refractivity contribution is 6.04. The Hall–Kier alpha value is -3.41. The monoisotopic (exact) mass is 421 g/mol. The van der Waals surface area contributed by atoms with Gasteiger partial charge in [-0.15, -0.1) is 0 Å². The Morgan fingerprint density at radius 3 is 2.45 bits per heavy atom. The summed E-state index contributed by atoms with van der Waals surface area (Å²) >= 11 is 0. The number of para-hydroxylation sites is 1. The van der Waals surface area contributed by atoms with Crippen LogP contribution in [-0.2, 0) is 14.3 Å². The van der Waals surface area contributed by atoms with E-state index in [0.717, 1.165) is 17.0 Å². The minimum Gasteiger partial charge on any atom is -0.496 e. The second-order valence-electron chi connectivity index (χ2n) is 7.80. The SMILES string of the molecule is COC(=O)C1=C(C)NC2=C(C(=O)CC(c3ccccc3OC)C2)C1c1ccc(F)cc1. The van der Waals surface area contributed by atoms with Crippen LogP contribution in [-0.4, -0.2) is 26.0 Å². The van der Waals surface area contributed by atoms with Crippen molar-refractivity contribution in [2.75, 3.05) is 14.2 Å². The van der Waals surface area contributed by atoms with Crippen LogP contribution in [0.4, 0.5) is 4.39 Å². The number of carbonyl (C=O) groups is 2. The number of benzene rings is 2. The van der Waals surface area contributed by atoms with Gasteiger partial charge in [-0.1, -0.05) is 30.3 Å². The maximum Gasteiger partial charge on any atom is 0.336 e. The minimum absolute atomic E-state index is 0.0451. The maximum absolute atomic E-state index is 13.6. The molecule has 0 saturated heterocycles. The van der Waals surface area contributed by atoms with Gasteiger partial charge >= 0.3 is 5.97 Å². The highest BCUT2D eigenvalue weighted by Crippen LogP contribution is 2.46. The Bertz CT molecular complexity index is 1100. The summed E-state index contributed by atoms with van der Waals surface area (Å²) in [4.78, 5) is 26.1. The van der Waals surface area contributed by atoms with E-state index < -0.39 is 11.9 Å². The van der Waals surface area contributed by atoms with E-state index in [1.54, 1.807) is 26.2 Å². The molecular formula is C25H24FNO4. The van der Waals surface area contributed by atoms with Crippen LogP contribution in [0.5, 0.6) is 5.75 Å². The molecule has 0 amide bonds. The van der Waals surface area contributed by atoms with E-state index >= 15 is 0 Å². The van der Waals surface area contributed by atoms with E-state index in [-0.39, 0.29) is 17.5 Å². The molecular weight excluding hydrogens is 397 g/mol. The average molecular weight is 421 g/mol. The summed E-state index contributed by atoms with van der Waals surface area (Å²) in [6, 6.07) is 13.6.